The highest BCUT2D eigenvalue weighted by Gasteiger charge is 2.43. The van der Waals surface area contributed by atoms with Crippen molar-refractivity contribution in [3.63, 3.8) is 0 Å². The summed E-state index contributed by atoms with van der Waals surface area (Å²) in [5.41, 5.74) is 0.842. The van der Waals surface area contributed by atoms with E-state index in [0.29, 0.717) is 22.0 Å². The molecular weight excluding hydrogens is 456 g/mol. The fraction of sp³-hybridized carbons (Fsp3) is 0.0833. The zero-order valence-electron chi connectivity index (χ0n) is 16.6. The number of hydrogen-bond acceptors (Lipinski definition) is 4. The standard InChI is InChI=1S/C24H14Cl2FNO4/c1-31-15-6-4-14(5-7-15)28-21(12-2-8-17(25)18(26)10-12)20-22(29)16-11-13(27)3-9-19(16)32-23(20)24(28)30/h2-11,21H,1H3. The molecule has 0 aliphatic carbocycles. The number of fused-ring (bicyclic) bond motifs is 2. The van der Waals surface area contributed by atoms with Gasteiger partial charge < -0.3 is 9.15 Å². The van der Waals surface area contributed by atoms with Crippen LogP contribution in [0.2, 0.25) is 10.0 Å². The lowest BCUT2D eigenvalue weighted by molar-refractivity contribution is 0.0971. The van der Waals surface area contributed by atoms with Crippen LogP contribution in [0.15, 0.2) is 69.9 Å². The van der Waals surface area contributed by atoms with Crippen LogP contribution in [0.3, 0.4) is 0 Å². The molecule has 1 amide bonds. The molecule has 5 rings (SSSR count). The molecule has 0 N–H and O–H groups in total. The van der Waals surface area contributed by atoms with Crippen molar-refractivity contribution in [1.82, 2.24) is 0 Å². The van der Waals surface area contributed by atoms with Crippen molar-refractivity contribution in [2.24, 2.45) is 0 Å². The summed E-state index contributed by atoms with van der Waals surface area (Å²) >= 11 is 12.3. The number of halogens is 3. The fourth-order valence-corrected chi connectivity index (χ4v) is 4.26. The Morgan fingerprint density at radius 2 is 1.72 bits per heavy atom. The Kier molecular flexibility index (Phi) is 4.92. The Morgan fingerprint density at radius 1 is 0.969 bits per heavy atom. The first kappa shape index (κ1) is 20.5. The molecule has 160 valence electrons. The van der Waals surface area contributed by atoms with Crippen LogP contribution in [0.5, 0.6) is 5.75 Å². The molecule has 3 aromatic carbocycles. The van der Waals surface area contributed by atoms with Crippen LogP contribution >= 0.6 is 23.2 Å². The minimum absolute atomic E-state index is 0.0539. The molecule has 1 aliphatic heterocycles. The third kappa shape index (κ3) is 3.15. The second-order valence-corrected chi connectivity index (χ2v) is 8.08. The summed E-state index contributed by atoms with van der Waals surface area (Å²) in [6, 6.07) is 14.5. The normalized spacial score (nSPS) is 15.3. The molecule has 0 bridgehead atoms. The van der Waals surface area contributed by atoms with E-state index in [2.05, 4.69) is 0 Å². The maximum Gasteiger partial charge on any atom is 0.295 e. The number of carbonyl (C=O) groups is 1. The third-order valence-electron chi connectivity index (χ3n) is 5.44. The Hall–Kier alpha value is -3.35. The third-order valence-corrected chi connectivity index (χ3v) is 6.18. The molecule has 0 spiro atoms. The van der Waals surface area contributed by atoms with Gasteiger partial charge in [0.1, 0.15) is 17.1 Å². The first-order valence-corrected chi connectivity index (χ1v) is 10.3. The summed E-state index contributed by atoms with van der Waals surface area (Å²) in [5.74, 6) is -0.558. The quantitative estimate of drug-likeness (QED) is 0.369. The van der Waals surface area contributed by atoms with E-state index in [1.807, 2.05) is 0 Å². The smallest absolute Gasteiger partial charge is 0.295 e. The highest BCUT2D eigenvalue weighted by atomic mass is 35.5. The molecule has 0 fully saturated rings. The molecule has 4 aromatic rings. The molecule has 0 saturated carbocycles. The topological polar surface area (TPSA) is 59.8 Å². The minimum Gasteiger partial charge on any atom is -0.497 e. The lowest BCUT2D eigenvalue weighted by Gasteiger charge is -2.25. The fourth-order valence-electron chi connectivity index (χ4n) is 3.95. The number of amides is 1. The van der Waals surface area contributed by atoms with Gasteiger partial charge in [-0.25, -0.2) is 4.39 Å². The summed E-state index contributed by atoms with van der Waals surface area (Å²) in [6.45, 7) is 0. The molecular formula is C24H14Cl2FNO4. The molecule has 0 saturated heterocycles. The number of ether oxygens (including phenoxy) is 1. The summed E-state index contributed by atoms with van der Waals surface area (Å²) in [7, 11) is 1.54. The van der Waals surface area contributed by atoms with E-state index in [1.54, 1.807) is 42.5 Å². The van der Waals surface area contributed by atoms with Crippen LogP contribution in [0, 0.1) is 5.82 Å². The largest absolute Gasteiger partial charge is 0.497 e. The van der Waals surface area contributed by atoms with Crippen molar-refractivity contribution in [1.29, 1.82) is 0 Å². The van der Waals surface area contributed by atoms with Gasteiger partial charge in [-0.15, -0.1) is 0 Å². The maximum atomic E-state index is 13.9. The second kappa shape index (κ2) is 7.65. The van der Waals surface area contributed by atoms with Crippen LogP contribution in [0.1, 0.15) is 27.7 Å². The molecule has 1 atom stereocenters. The molecule has 0 radical (unpaired) electrons. The minimum atomic E-state index is -0.843. The van der Waals surface area contributed by atoms with Crippen LogP contribution in [-0.2, 0) is 0 Å². The Bertz CT molecular complexity index is 1450. The molecule has 5 nitrogen and oxygen atoms in total. The Labute approximate surface area is 191 Å². The number of benzene rings is 3. The maximum absolute atomic E-state index is 13.9. The van der Waals surface area contributed by atoms with Crippen LogP contribution in [-0.4, -0.2) is 13.0 Å². The zero-order chi connectivity index (χ0) is 22.6. The monoisotopic (exact) mass is 469 g/mol. The summed E-state index contributed by atoms with van der Waals surface area (Å²) < 4.78 is 24.9. The SMILES string of the molecule is COc1ccc(N2C(=O)c3oc4ccc(F)cc4c(=O)c3C2c2ccc(Cl)c(Cl)c2)cc1. The van der Waals surface area contributed by atoms with Crippen molar-refractivity contribution >= 4 is 45.8 Å². The van der Waals surface area contributed by atoms with E-state index >= 15 is 0 Å². The second-order valence-electron chi connectivity index (χ2n) is 7.26. The van der Waals surface area contributed by atoms with Crippen molar-refractivity contribution in [3.8, 4) is 5.75 Å². The number of methoxy groups -OCH3 is 1. The van der Waals surface area contributed by atoms with Gasteiger partial charge in [-0.2, -0.15) is 0 Å². The lowest BCUT2D eigenvalue weighted by Crippen LogP contribution is -2.29. The van der Waals surface area contributed by atoms with Crippen LogP contribution in [0.25, 0.3) is 11.0 Å². The first-order chi connectivity index (χ1) is 15.4. The van der Waals surface area contributed by atoms with E-state index in [0.717, 1.165) is 6.07 Å². The van der Waals surface area contributed by atoms with Gasteiger partial charge in [0.05, 0.1) is 34.1 Å². The predicted octanol–water partition coefficient (Wildman–Crippen LogP) is 6.00. The highest BCUT2D eigenvalue weighted by Crippen LogP contribution is 2.42. The number of anilines is 1. The van der Waals surface area contributed by atoms with Gasteiger partial charge in [0, 0.05) is 5.69 Å². The number of nitrogens with zero attached hydrogens (tertiary/aromatic N) is 1. The molecule has 1 aliphatic rings. The predicted molar refractivity (Wildman–Crippen MR) is 121 cm³/mol. The van der Waals surface area contributed by atoms with Crippen molar-refractivity contribution in [2.75, 3.05) is 12.0 Å². The van der Waals surface area contributed by atoms with E-state index in [9.17, 15) is 14.0 Å². The summed E-state index contributed by atoms with van der Waals surface area (Å²) in [6.07, 6.45) is 0. The average molecular weight is 470 g/mol. The van der Waals surface area contributed by atoms with Gasteiger partial charge >= 0.3 is 0 Å². The average Bonchev–Trinajstić information content (AvgIpc) is 3.09. The van der Waals surface area contributed by atoms with Gasteiger partial charge in [-0.1, -0.05) is 29.3 Å². The Morgan fingerprint density at radius 3 is 2.41 bits per heavy atom. The molecule has 2 heterocycles. The van der Waals surface area contributed by atoms with E-state index in [-0.39, 0.29) is 27.3 Å². The number of carbonyl (C=O) groups excluding carboxylic acids is 1. The van der Waals surface area contributed by atoms with Gasteiger partial charge in [-0.05, 0) is 60.2 Å². The molecule has 8 heteroatoms. The van der Waals surface area contributed by atoms with E-state index in [4.69, 9.17) is 32.4 Å². The van der Waals surface area contributed by atoms with Crippen LogP contribution in [0.4, 0.5) is 10.1 Å². The molecule has 1 unspecified atom stereocenters. The molecule has 1 aromatic heterocycles. The van der Waals surface area contributed by atoms with Gasteiger partial charge in [-0.3, -0.25) is 14.5 Å². The number of hydrogen-bond donors (Lipinski definition) is 0. The van der Waals surface area contributed by atoms with Crippen molar-refractivity contribution in [2.45, 2.75) is 6.04 Å². The first-order valence-electron chi connectivity index (χ1n) is 9.58. The highest BCUT2D eigenvalue weighted by molar-refractivity contribution is 6.42. The number of rotatable bonds is 3. The zero-order valence-corrected chi connectivity index (χ0v) is 18.1. The van der Waals surface area contributed by atoms with Crippen LogP contribution < -0.4 is 15.1 Å². The van der Waals surface area contributed by atoms with E-state index in [1.165, 1.54) is 24.1 Å². The molecule has 32 heavy (non-hydrogen) atoms. The van der Waals surface area contributed by atoms with Gasteiger partial charge in [0.15, 0.2) is 5.43 Å². The van der Waals surface area contributed by atoms with Gasteiger partial charge in [0.2, 0.25) is 5.76 Å². The van der Waals surface area contributed by atoms with Crippen molar-refractivity contribution < 1.29 is 18.3 Å². The van der Waals surface area contributed by atoms with Gasteiger partial charge in [0.25, 0.3) is 5.91 Å². The van der Waals surface area contributed by atoms with E-state index < -0.39 is 23.2 Å². The van der Waals surface area contributed by atoms with Crippen molar-refractivity contribution in [3.05, 3.63) is 104 Å². The lowest BCUT2D eigenvalue weighted by atomic mass is 9.98. The summed E-state index contributed by atoms with van der Waals surface area (Å²) in [5, 5.41) is 0.665. The Balaban J connectivity index is 1.80. The summed E-state index contributed by atoms with van der Waals surface area (Å²) in [4.78, 5) is 28.4.